The van der Waals surface area contributed by atoms with Crippen LogP contribution in [0, 0.1) is 11.6 Å². The van der Waals surface area contributed by atoms with E-state index in [0.717, 1.165) is 28.9 Å². The Morgan fingerprint density at radius 3 is 2.36 bits per heavy atom. The van der Waals surface area contributed by atoms with E-state index in [4.69, 9.17) is 10.1 Å². The molecule has 0 atom stereocenters. The molecule has 0 aliphatic heterocycles. The Labute approximate surface area is 221 Å². The number of hydrogen-bond donors (Lipinski definition) is 2. The summed E-state index contributed by atoms with van der Waals surface area (Å²) in [5.74, 6) is -2.33. The molecule has 0 bridgehead atoms. The van der Waals surface area contributed by atoms with Crippen molar-refractivity contribution in [1.29, 1.82) is 0 Å². The summed E-state index contributed by atoms with van der Waals surface area (Å²) < 4.78 is 30.0. The van der Waals surface area contributed by atoms with Gasteiger partial charge in [0.25, 0.3) is 5.91 Å². The van der Waals surface area contributed by atoms with Gasteiger partial charge in [0.1, 0.15) is 22.9 Å². The summed E-state index contributed by atoms with van der Waals surface area (Å²) in [6.45, 7) is 0. The lowest BCUT2D eigenvalue weighted by molar-refractivity contribution is 0.101. The molecule has 3 aromatic heterocycles. The fourth-order valence-electron chi connectivity index (χ4n) is 4.31. The van der Waals surface area contributed by atoms with Gasteiger partial charge in [0.2, 0.25) is 5.95 Å². The lowest BCUT2D eigenvalue weighted by Gasteiger charge is -2.10. The molecule has 0 unspecified atom stereocenters. The second-order valence-corrected chi connectivity index (χ2v) is 8.64. The lowest BCUT2D eigenvalue weighted by Crippen LogP contribution is -2.15. The zero-order valence-electron chi connectivity index (χ0n) is 20.3. The third-order valence-electron chi connectivity index (χ3n) is 6.07. The number of nitrogens with one attached hydrogen (secondary N) is 2. The number of halogens is 2. The third-order valence-corrected chi connectivity index (χ3v) is 6.07. The Hall–Kier alpha value is -5.44. The van der Waals surface area contributed by atoms with E-state index in [0.29, 0.717) is 28.6 Å². The highest BCUT2D eigenvalue weighted by Gasteiger charge is 2.20. The largest absolute Gasteiger partial charge is 0.324 e. The van der Waals surface area contributed by atoms with Crippen molar-refractivity contribution in [1.82, 2.24) is 19.6 Å². The predicted octanol–water partition coefficient (Wildman–Crippen LogP) is 6.73. The van der Waals surface area contributed by atoms with Crippen molar-refractivity contribution in [3.63, 3.8) is 0 Å². The molecule has 0 aliphatic rings. The van der Waals surface area contributed by atoms with Crippen molar-refractivity contribution in [2.75, 3.05) is 10.6 Å². The van der Waals surface area contributed by atoms with Gasteiger partial charge in [-0.05, 0) is 54.6 Å². The second kappa shape index (κ2) is 10.1. The van der Waals surface area contributed by atoms with Crippen LogP contribution in [0.15, 0.2) is 109 Å². The number of aromatic nitrogens is 4. The number of benzene rings is 3. The van der Waals surface area contributed by atoms with E-state index in [9.17, 15) is 13.6 Å². The smallest absolute Gasteiger partial charge is 0.261 e. The van der Waals surface area contributed by atoms with Gasteiger partial charge in [-0.3, -0.25) is 4.79 Å². The van der Waals surface area contributed by atoms with E-state index in [1.54, 1.807) is 35.0 Å². The zero-order valence-corrected chi connectivity index (χ0v) is 20.3. The molecule has 2 N–H and O–H groups in total. The van der Waals surface area contributed by atoms with Gasteiger partial charge in [0, 0.05) is 29.3 Å². The molecular weight excluding hydrogens is 498 g/mol. The van der Waals surface area contributed by atoms with E-state index in [2.05, 4.69) is 15.6 Å². The number of para-hydroxylation sites is 1. The first kappa shape index (κ1) is 23.9. The van der Waals surface area contributed by atoms with Crippen LogP contribution in [-0.4, -0.2) is 25.5 Å². The predicted molar refractivity (Wildman–Crippen MR) is 146 cm³/mol. The van der Waals surface area contributed by atoms with Crippen LogP contribution in [0.5, 0.6) is 0 Å². The number of fused-ring (bicyclic) bond motifs is 1. The van der Waals surface area contributed by atoms with Gasteiger partial charge in [0.05, 0.1) is 16.8 Å². The number of hydrogen-bond acceptors (Lipinski definition) is 5. The van der Waals surface area contributed by atoms with Crippen molar-refractivity contribution in [3.05, 3.63) is 127 Å². The Balaban J connectivity index is 1.40. The molecule has 0 fully saturated rings. The molecule has 0 saturated carbocycles. The van der Waals surface area contributed by atoms with Crippen molar-refractivity contribution in [2.24, 2.45) is 0 Å². The quantitative estimate of drug-likeness (QED) is 0.255. The van der Waals surface area contributed by atoms with Crippen molar-refractivity contribution < 1.29 is 13.6 Å². The first-order valence-electron chi connectivity index (χ1n) is 12.1. The average Bonchev–Trinajstić information content (AvgIpc) is 3.34. The molecule has 0 spiro atoms. The lowest BCUT2D eigenvalue weighted by atomic mass is 10.0. The number of pyridine rings is 1. The van der Waals surface area contributed by atoms with Crippen LogP contribution < -0.4 is 10.6 Å². The molecule has 3 heterocycles. The molecule has 190 valence electrons. The number of nitrogens with zero attached hydrogens (tertiary/aromatic N) is 4. The zero-order chi connectivity index (χ0) is 26.8. The number of anilines is 3. The summed E-state index contributed by atoms with van der Waals surface area (Å²) >= 11 is 0. The molecule has 3 aromatic carbocycles. The topological polar surface area (TPSA) is 84.2 Å². The van der Waals surface area contributed by atoms with Gasteiger partial charge in [-0.2, -0.15) is 5.10 Å². The van der Waals surface area contributed by atoms with Crippen LogP contribution in [0.2, 0.25) is 0 Å². The molecular formula is C30H20F2N6O. The summed E-state index contributed by atoms with van der Waals surface area (Å²) in [6.07, 6.45) is 3.50. The molecule has 0 radical (unpaired) electrons. The van der Waals surface area contributed by atoms with Crippen LogP contribution >= 0.6 is 0 Å². The van der Waals surface area contributed by atoms with Crippen LogP contribution in [0.1, 0.15) is 10.4 Å². The van der Waals surface area contributed by atoms with Crippen LogP contribution in [0.3, 0.4) is 0 Å². The van der Waals surface area contributed by atoms with E-state index < -0.39 is 23.1 Å². The van der Waals surface area contributed by atoms with Gasteiger partial charge in [0.15, 0.2) is 0 Å². The molecule has 6 rings (SSSR count). The first-order valence-corrected chi connectivity index (χ1v) is 12.1. The van der Waals surface area contributed by atoms with Gasteiger partial charge in [-0.15, -0.1) is 0 Å². The van der Waals surface area contributed by atoms with Crippen molar-refractivity contribution >= 4 is 28.7 Å². The molecule has 0 aliphatic carbocycles. The Bertz CT molecular complexity index is 1800. The van der Waals surface area contributed by atoms with Gasteiger partial charge in [-0.1, -0.05) is 42.5 Å². The number of carbonyl (C=O) groups excluding carboxylic acids is 1. The van der Waals surface area contributed by atoms with Crippen LogP contribution in [0.25, 0.3) is 28.0 Å². The second-order valence-electron chi connectivity index (χ2n) is 8.64. The van der Waals surface area contributed by atoms with Gasteiger partial charge >= 0.3 is 0 Å². The summed E-state index contributed by atoms with van der Waals surface area (Å²) in [5, 5.41) is 10.6. The molecule has 6 aromatic rings. The minimum Gasteiger partial charge on any atom is -0.324 e. The number of amides is 1. The molecule has 39 heavy (non-hydrogen) atoms. The maximum absolute atomic E-state index is 14.1. The van der Waals surface area contributed by atoms with Crippen LogP contribution in [0.4, 0.5) is 26.1 Å². The monoisotopic (exact) mass is 518 g/mol. The number of carbonyl (C=O) groups is 1. The van der Waals surface area contributed by atoms with E-state index in [1.165, 1.54) is 6.07 Å². The third kappa shape index (κ3) is 4.80. The SMILES string of the molecule is O=C(Nc1cccc(-c2nn3ccccc3c2-c2ccnc(Nc3ccccc3)n2)c1)c1c(F)cccc1F. The maximum Gasteiger partial charge on any atom is 0.261 e. The van der Waals surface area contributed by atoms with Crippen LogP contribution in [-0.2, 0) is 0 Å². The van der Waals surface area contributed by atoms with Crippen molar-refractivity contribution in [3.8, 4) is 22.5 Å². The Kier molecular flexibility index (Phi) is 6.22. The van der Waals surface area contributed by atoms with E-state index >= 15 is 0 Å². The molecule has 9 heteroatoms. The molecule has 1 amide bonds. The summed E-state index contributed by atoms with van der Waals surface area (Å²) in [4.78, 5) is 21.8. The minimum absolute atomic E-state index is 0.359. The fourth-order valence-corrected chi connectivity index (χ4v) is 4.31. The molecule has 7 nitrogen and oxygen atoms in total. The Morgan fingerprint density at radius 1 is 0.795 bits per heavy atom. The number of rotatable bonds is 6. The highest BCUT2D eigenvalue weighted by Crippen LogP contribution is 2.35. The molecule has 0 saturated heterocycles. The Morgan fingerprint density at radius 2 is 1.54 bits per heavy atom. The standard InChI is InChI=1S/C30H20F2N6O/c31-22-12-7-13-23(32)26(22)29(39)34-21-11-6-8-19(18-21)28-27(25-14-4-5-17-38(25)37-28)24-15-16-33-30(36-24)35-20-9-2-1-3-10-20/h1-18H,(H,34,39)(H,33,35,36). The van der Waals surface area contributed by atoms with Gasteiger partial charge in [-0.25, -0.2) is 23.3 Å². The maximum atomic E-state index is 14.1. The van der Waals surface area contributed by atoms with E-state index in [1.807, 2.05) is 60.8 Å². The summed E-state index contributed by atoms with van der Waals surface area (Å²) in [5.41, 5.74) is 4.08. The van der Waals surface area contributed by atoms with E-state index in [-0.39, 0.29) is 0 Å². The average molecular weight is 519 g/mol. The normalized spacial score (nSPS) is 10.9. The van der Waals surface area contributed by atoms with Gasteiger partial charge < -0.3 is 10.6 Å². The summed E-state index contributed by atoms with van der Waals surface area (Å²) in [6, 6.07) is 27.3. The fraction of sp³-hybridized carbons (Fsp3) is 0. The van der Waals surface area contributed by atoms with Crippen molar-refractivity contribution in [2.45, 2.75) is 0 Å². The first-order chi connectivity index (χ1) is 19.1. The summed E-state index contributed by atoms with van der Waals surface area (Å²) in [7, 11) is 0. The minimum atomic E-state index is -0.935. The highest BCUT2D eigenvalue weighted by molar-refractivity contribution is 6.05. The highest BCUT2D eigenvalue weighted by atomic mass is 19.1.